The van der Waals surface area contributed by atoms with Crippen LogP contribution in [0.4, 0.5) is 0 Å². The van der Waals surface area contributed by atoms with Crippen LogP contribution in [0.5, 0.6) is 0 Å². The largest absolute Gasteiger partial charge is 0.382 e. The normalized spacial score (nSPS) is 28.1. The summed E-state index contributed by atoms with van der Waals surface area (Å²) in [6, 6.07) is 0.169. The summed E-state index contributed by atoms with van der Waals surface area (Å²) in [4.78, 5) is 11.9. The number of nitrogens with one attached hydrogen (secondary N) is 1. The van der Waals surface area contributed by atoms with Crippen molar-refractivity contribution in [2.75, 3.05) is 33.5 Å². The average Bonchev–Trinajstić information content (AvgIpc) is 2.32. The van der Waals surface area contributed by atoms with Gasteiger partial charge in [-0.25, -0.2) is 0 Å². The van der Waals surface area contributed by atoms with E-state index in [2.05, 4.69) is 12.2 Å². The Bertz CT molecular complexity index is 238. The molecule has 0 aromatic carbocycles. The molecule has 0 aromatic rings. The topological polar surface area (TPSA) is 73.6 Å². The van der Waals surface area contributed by atoms with Gasteiger partial charge in [0.05, 0.1) is 19.8 Å². The van der Waals surface area contributed by atoms with Crippen LogP contribution in [-0.2, 0) is 14.3 Å². The summed E-state index contributed by atoms with van der Waals surface area (Å²) < 4.78 is 10.2. The lowest BCUT2D eigenvalue weighted by molar-refractivity contribution is -0.126. The van der Waals surface area contributed by atoms with Crippen LogP contribution in [0.2, 0.25) is 0 Å². The van der Waals surface area contributed by atoms with Gasteiger partial charge in [-0.2, -0.15) is 0 Å². The van der Waals surface area contributed by atoms with Crippen molar-refractivity contribution in [3.63, 3.8) is 0 Å². The number of amides is 1. The summed E-state index contributed by atoms with van der Waals surface area (Å²) in [7, 11) is 1.64. The zero-order chi connectivity index (χ0) is 13.4. The maximum absolute atomic E-state index is 11.9. The third-order valence-corrected chi connectivity index (χ3v) is 3.33. The molecule has 106 valence electrons. The lowest BCUT2D eigenvalue weighted by atomic mass is 9.79. The first-order chi connectivity index (χ1) is 8.63. The van der Waals surface area contributed by atoms with Gasteiger partial charge < -0.3 is 20.5 Å². The molecule has 1 rings (SSSR count). The first-order valence-corrected chi connectivity index (χ1v) is 6.73. The number of methoxy groups -OCH3 is 1. The van der Waals surface area contributed by atoms with Gasteiger partial charge in [0.15, 0.2) is 0 Å². The number of hydrogen-bond donors (Lipinski definition) is 2. The highest BCUT2D eigenvalue weighted by atomic mass is 16.5. The summed E-state index contributed by atoms with van der Waals surface area (Å²) in [5.74, 6) is 0.734. The van der Waals surface area contributed by atoms with Crippen molar-refractivity contribution in [3.8, 4) is 0 Å². The van der Waals surface area contributed by atoms with E-state index in [1.54, 1.807) is 7.11 Å². The highest BCUT2D eigenvalue weighted by molar-refractivity contribution is 5.78. The third-order valence-electron chi connectivity index (χ3n) is 3.33. The predicted molar refractivity (Wildman–Crippen MR) is 70.2 cm³/mol. The van der Waals surface area contributed by atoms with E-state index < -0.39 is 0 Å². The highest BCUT2D eigenvalue weighted by Crippen LogP contribution is 2.27. The van der Waals surface area contributed by atoms with Crippen LogP contribution in [0.3, 0.4) is 0 Å². The smallest absolute Gasteiger partial charge is 0.223 e. The molecule has 3 atom stereocenters. The standard InChI is InChI=1S/C13H26N2O3/c1-10-7-11(9-12(14)8-10)13(16)15-3-4-18-6-5-17-2/h10-12H,3-9,14H2,1-2H3,(H,15,16). The van der Waals surface area contributed by atoms with E-state index in [1.807, 2.05) is 0 Å². The second-order valence-electron chi connectivity index (χ2n) is 5.17. The fraction of sp³-hybridized carbons (Fsp3) is 0.923. The van der Waals surface area contributed by atoms with E-state index in [1.165, 1.54) is 0 Å². The van der Waals surface area contributed by atoms with Crippen LogP contribution < -0.4 is 11.1 Å². The molecular weight excluding hydrogens is 232 g/mol. The molecule has 0 spiro atoms. The molecule has 0 aliphatic heterocycles. The molecule has 5 nitrogen and oxygen atoms in total. The summed E-state index contributed by atoms with van der Waals surface area (Å²) in [6.07, 6.45) is 2.79. The molecule has 1 aliphatic carbocycles. The van der Waals surface area contributed by atoms with Crippen LogP contribution in [0.25, 0.3) is 0 Å². The first-order valence-electron chi connectivity index (χ1n) is 6.73. The van der Waals surface area contributed by atoms with Crippen molar-refractivity contribution in [1.29, 1.82) is 0 Å². The minimum Gasteiger partial charge on any atom is -0.382 e. The van der Waals surface area contributed by atoms with Crippen molar-refractivity contribution in [3.05, 3.63) is 0 Å². The maximum atomic E-state index is 11.9. The molecule has 0 heterocycles. The Hall–Kier alpha value is -0.650. The summed E-state index contributed by atoms with van der Waals surface area (Å²) in [5, 5.41) is 2.91. The molecule has 1 amide bonds. The molecule has 1 aliphatic rings. The van der Waals surface area contributed by atoms with E-state index in [0.717, 1.165) is 19.3 Å². The number of carbonyl (C=O) groups excluding carboxylic acids is 1. The molecule has 3 unspecified atom stereocenters. The minimum absolute atomic E-state index is 0.0720. The zero-order valence-electron chi connectivity index (χ0n) is 11.5. The lowest BCUT2D eigenvalue weighted by Gasteiger charge is -2.30. The number of rotatable bonds is 7. The molecule has 5 heteroatoms. The first kappa shape index (κ1) is 15.4. The fourth-order valence-electron chi connectivity index (χ4n) is 2.51. The molecule has 3 N–H and O–H groups in total. The van der Waals surface area contributed by atoms with Gasteiger partial charge in [0.25, 0.3) is 0 Å². The maximum Gasteiger partial charge on any atom is 0.223 e. The van der Waals surface area contributed by atoms with Crippen molar-refractivity contribution in [2.45, 2.75) is 32.2 Å². The van der Waals surface area contributed by atoms with Gasteiger partial charge >= 0.3 is 0 Å². The fourth-order valence-corrected chi connectivity index (χ4v) is 2.51. The average molecular weight is 258 g/mol. The van der Waals surface area contributed by atoms with Crippen molar-refractivity contribution < 1.29 is 14.3 Å². The van der Waals surface area contributed by atoms with Crippen LogP contribution in [0, 0.1) is 11.8 Å². The van der Waals surface area contributed by atoms with Gasteiger partial charge in [0.1, 0.15) is 0 Å². The Morgan fingerprint density at radius 3 is 2.72 bits per heavy atom. The van der Waals surface area contributed by atoms with Crippen LogP contribution in [-0.4, -0.2) is 45.4 Å². The Kier molecular flexibility index (Phi) is 7.23. The summed E-state index contributed by atoms with van der Waals surface area (Å²) in [6.45, 7) is 4.40. The molecule has 0 saturated heterocycles. The Labute approximate surface area is 109 Å². The monoisotopic (exact) mass is 258 g/mol. The van der Waals surface area contributed by atoms with Gasteiger partial charge in [0, 0.05) is 25.6 Å². The van der Waals surface area contributed by atoms with Gasteiger partial charge in [-0.3, -0.25) is 4.79 Å². The van der Waals surface area contributed by atoms with E-state index in [0.29, 0.717) is 32.3 Å². The van der Waals surface area contributed by atoms with Gasteiger partial charge in [0.2, 0.25) is 5.91 Å². The second kappa shape index (κ2) is 8.45. The Morgan fingerprint density at radius 1 is 1.28 bits per heavy atom. The second-order valence-corrected chi connectivity index (χ2v) is 5.17. The summed E-state index contributed by atoms with van der Waals surface area (Å²) >= 11 is 0. The quantitative estimate of drug-likeness (QED) is 0.653. The number of nitrogens with two attached hydrogens (primary N) is 1. The van der Waals surface area contributed by atoms with Gasteiger partial charge in [-0.1, -0.05) is 6.92 Å². The highest BCUT2D eigenvalue weighted by Gasteiger charge is 2.28. The molecular formula is C13H26N2O3. The Morgan fingerprint density at radius 2 is 2.06 bits per heavy atom. The van der Waals surface area contributed by atoms with Gasteiger partial charge in [-0.15, -0.1) is 0 Å². The van der Waals surface area contributed by atoms with E-state index in [9.17, 15) is 4.79 Å². The predicted octanol–water partition coefficient (Wildman–Crippen LogP) is 0.529. The van der Waals surface area contributed by atoms with E-state index >= 15 is 0 Å². The van der Waals surface area contributed by atoms with Crippen LogP contribution in [0.15, 0.2) is 0 Å². The molecule has 0 bridgehead atoms. The van der Waals surface area contributed by atoms with Crippen molar-refractivity contribution >= 4 is 5.91 Å². The molecule has 0 radical (unpaired) electrons. The minimum atomic E-state index is 0.0720. The Balaban J connectivity index is 2.12. The van der Waals surface area contributed by atoms with Crippen LogP contribution in [0.1, 0.15) is 26.2 Å². The van der Waals surface area contributed by atoms with E-state index in [-0.39, 0.29) is 17.9 Å². The van der Waals surface area contributed by atoms with Crippen molar-refractivity contribution in [2.24, 2.45) is 17.6 Å². The van der Waals surface area contributed by atoms with Crippen LogP contribution >= 0.6 is 0 Å². The van der Waals surface area contributed by atoms with E-state index in [4.69, 9.17) is 15.2 Å². The van der Waals surface area contributed by atoms with Gasteiger partial charge in [-0.05, 0) is 25.2 Å². The van der Waals surface area contributed by atoms with Crippen molar-refractivity contribution in [1.82, 2.24) is 5.32 Å². The molecule has 0 aromatic heterocycles. The molecule has 18 heavy (non-hydrogen) atoms. The summed E-state index contributed by atoms with van der Waals surface area (Å²) in [5.41, 5.74) is 5.94. The zero-order valence-corrected chi connectivity index (χ0v) is 11.5. The molecule has 1 fully saturated rings. The third kappa shape index (κ3) is 5.80. The number of carbonyl (C=O) groups is 1. The molecule has 1 saturated carbocycles. The number of ether oxygens (including phenoxy) is 2. The number of hydrogen-bond acceptors (Lipinski definition) is 4. The SMILES string of the molecule is COCCOCCNC(=O)C1CC(C)CC(N)C1. The lowest BCUT2D eigenvalue weighted by Crippen LogP contribution is -2.41.